The van der Waals surface area contributed by atoms with Crippen LogP contribution in [0.5, 0.6) is 0 Å². The minimum absolute atomic E-state index is 0.204. The van der Waals surface area contributed by atoms with Crippen LogP contribution in [-0.2, 0) is 4.74 Å². The fourth-order valence-corrected chi connectivity index (χ4v) is 3.21. The number of carbonyl (C=O) groups excluding carboxylic acids is 1. The molecule has 2 unspecified atom stereocenters. The Labute approximate surface area is 98.9 Å². The van der Waals surface area contributed by atoms with Gasteiger partial charge in [0.1, 0.15) is 0 Å². The fraction of sp³-hybridized carbons (Fsp3) is 0.917. The van der Waals surface area contributed by atoms with Crippen LogP contribution < -0.4 is 5.32 Å². The highest BCUT2D eigenvalue weighted by Gasteiger charge is 2.46. The molecule has 2 atom stereocenters. The summed E-state index contributed by atoms with van der Waals surface area (Å²) >= 11 is 0. The minimum Gasteiger partial charge on any atom is -0.450 e. The highest BCUT2D eigenvalue weighted by molar-refractivity contribution is 6.76. The summed E-state index contributed by atoms with van der Waals surface area (Å²) in [4.78, 5) is 11.5. The van der Waals surface area contributed by atoms with Gasteiger partial charge in [0.2, 0.25) is 0 Å². The summed E-state index contributed by atoms with van der Waals surface area (Å²) in [6.45, 7) is 7.46. The number of carbonyl (C=O) groups is 1. The smallest absolute Gasteiger partial charge is 0.407 e. The van der Waals surface area contributed by atoms with Gasteiger partial charge in [-0.1, -0.05) is 19.6 Å². The molecule has 0 aromatic rings. The maximum Gasteiger partial charge on any atom is 0.407 e. The van der Waals surface area contributed by atoms with Crippen LogP contribution in [0.15, 0.2) is 0 Å². The second-order valence-corrected chi connectivity index (χ2v) is 12.1. The number of rotatable bonds is 4. The maximum atomic E-state index is 11.5. The molecule has 2 aliphatic rings. The first-order valence-electron chi connectivity index (χ1n) is 6.37. The van der Waals surface area contributed by atoms with E-state index in [-0.39, 0.29) is 6.09 Å². The summed E-state index contributed by atoms with van der Waals surface area (Å²) in [6, 6.07) is 1.44. The Morgan fingerprint density at radius 1 is 1.25 bits per heavy atom. The molecule has 1 N–H and O–H groups in total. The highest BCUT2D eigenvalue weighted by Crippen LogP contribution is 2.51. The van der Waals surface area contributed by atoms with Gasteiger partial charge in [-0.3, -0.25) is 0 Å². The summed E-state index contributed by atoms with van der Waals surface area (Å²) in [5.74, 6) is 1.82. The molecule has 2 fully saturated rings. The number of fused-ring (bicyclic) bond motifs is 1. The molecule has 0 radical (unpaired) electrons. The standard InChI is InChI=1S/C12H23NO2Si/c1-16(2,3)5-4-15-12(14)13-11-7-9-6-10(9)8-11/h9-11H,4-8H2,1-3H3,(H,13,14). The van der Waals surface area contributed by atoms with E-state index in [2.05, 4.69) is 25.0 Å². The van der Waals surface area contributed by atoms with Crippen LogP contribution in [0.4, 0.5) is 4.79 Å². The predicted molar refractivity (Wildman–Crippen MR) is 67.3 cm³/mol. The van der Waals surface area contributed by atoms with Crippen LogP contribution in [0, 0.1) is 11.8 Å². The van der Waals surface area contributed by atoms with Gasteiger partial charge in [-0.2, -0.15) is 0 Å². The Morgan fingerprint density at radius 2 is 1.88 bits per heavy atom. The third-order valence-electron chi connectivity index (χ3n) is 3.65. The van der Waals surface area contributed by atoms with Crippen molar-refractivity contribution in [2.45, 2.75) is 51.0 Å². The molecule has 0 aromatic heterocycles. The van der Waals surface area contributed by atoms with Crippen molar-refractivity contribution >= 4 is 14.2 Å². The molecule has 4 heteroatoms. The molecule has 2 aliphatic carbocycles. The Kier molecular flexibility index (Phi) is 3.28. The van der Waals surface area contributed by atoms with Gasteiger partial charge < -0.3 is 10.1 Å². The molecule has 2 saturated carbocycles. The van der Waals surface area contributed by atoms with Crippen molar-refractivity contribution in [2.24, 2.45) is 11.8 Å². The van der Waals surface area contributed by atoms with Crippen LogP contribution >= 0.6 is 0 Å². The molecular weight excluding hydrogens is 218 g/mol. The van der Waals surface area contributed by atoms with E-state index in [1.165, 1.54) is 19.3 Å². The number of amides is 1. The molecule has 0 heterocycles. The van der Waals surface area contributed by atoms with Crippen molar-refractivity contribution in [3.05, 3.63) is 0 Å². The van der Waals surface area contributed by atoms with Crippen molar-refractivity contribution in [3.8, 4) is 0 Å². The predicted octanol–water partition coefficient (Wildman–Crippen LogP) is 2.85. The molecule has 0 spiro atoms. The lowest BCUT2D eigenvalue weighted by Gasteiger charge is -2.17. The summed E-state index contributed by atoms with van der Waals surface area (Å²) < 4.78 is 5.21. The van der Waals surface area contributed by atoms with E-state index in [4.69, 9.17) is 4.74 Å². The summed E-state index contributed by atoms with van der Waals surface area (Å²) in [5.41, 5.74) is 0. The van der Waals surface area contributed by atoms with Crippen molar-refractivity contribution in [1.29, 1.82) is 0 Å². The second-order valence-electron chi connectivity index (χ2n) is 6.52. The number of hydrogen-bond donors (Lipinski definition) is 1. The van der Waals surface area contributed by atoms with Crippen LogP contribution in [0.3, 0.4) is 0 Å². The zero-order valence-electron chi connectivity index (χ0n) is 10.6. The second kappa shape index (κ2) is 4.39. The highest BCUT2D eigenvalue weighted by atomic mass is 28.3. The topological polar surface area (TPSA) is 38.3 Å². The third-order valence-corrected chi connectivity index (χ3v) is 5.35. The summed E-state index contributed by atoms with van der Waals surface area (Å²) in [6.07, 6.45) is 3.54. The lowest BCUT2D eigenvalue weighted by atomic mass is 10.2. The summed E-state index contributed by atoms with van der Waals surface area (Å²) in [7, 11) is -1.08. The fourth-order valence-electron chi connectivity index (χ4n) is 2.49. The first kappa shape index (κ1) is 12.0. The average Bonchev–Trinajstić information content (AvgIpc) is 2.72. The molecule has 2 rings (SSSR count). The first-order valence-corrected chi connectivity index (χ1v) is 10.1. The molecule has 0 aromatic carbocycles. The van der Waals surface area contributed by atoms with Crippen LogP contribution in [0.2, 0.25) is 25.7 Å². The SMILES string of the molecule is C[Si](C)(C)CCOC(=O)NC1CC2CC2C1. The number of hydrogen-bond acceptors (Lipinski definition) is 2. The van der Waals surface area contributed by atoms with Crippen LogP contribution in [0.25, 0.3) is 0 Å². The van der Waals surface area contributed by atoms with Crippen LogP contribution in [0.1, 0.15) is 19.3 Å². The van der Waals surface area contributed by atoms with Crippen LogP contribution in [-0.4, -0.2) is 26.8 Å². The summed E-state index contributed by atoms with van der Waals surface area (Å²) in [5, 5.41) is 2.98. The number of nitrogens with one attached hydrogen (secondary N) is 1. The van der Waals surface area contributed by atoms with Gasteiger partial charge >= 0.3 is 6.09 Å². The van der Waals surface area contributed by atoms with Crippen molar-refractivity contribution in [1.82, 2.24) is 5.32 Å². The molecule has 1 amide bonds. The number of alkyl carbamates (subject to hydrolysis) is 1. The molecule has 92 valence electrons. The van der Waals surface area contributed by atoms with Gasteiger partial charge in [0.15, 0.2) is 0 Å². The van der Waals surface area contributed by atoms with Crippen molar-refractivity contribution in [2.75, 3.05) is 6.61 Å². The van der Waals surface area contributed by atoms with E-state index in [9.17, 15) is 4.79 Å². The normalized spacial score (nSPS) is 32.1. The monoisotopic (exact) mass is 241 g/mol. The molecule has 0 aliphatic heterocycles. The van der Waals surface area contributed by atoms with Crippen molar-refractivity contribution in [3.63, 3.8) is 0 Å². The zero-order valence-corrected chi connectivity index (χ0v) is 11.6. The van der Waals surface area contributed by atoms with Gasteiger partial charge in [0.05, 0.1) is 6.61 Å². The quantitative estimate of drug-likeness (QED) is 0.769. The third kappa shape index (κ3) is 3.51. The van der Waals surface area contributed by atoms with E-state index in [1.807, 2.05) is 0 Å². The van der Waals surface area contributed by atoms with E-state index in [0.29, 0.717) is 12.6 Å². The molecular formula is C12H23NO2Si. The van der Waals surface area contributed by atoms with Crippen molar-refractivity contribution < 1.29 is 9.53 Å². The minimum atomic E-state index is -1.08. The number of ether oxygens (including phenoxy) is 1. The van der Waals surface area contributed by atoms with E-state index in [1.54, 1.807) is 0 Å². The Balaban J connectivity index is 1.58. The Bertz CT molecular complexity index is 265. The van der Waals surface area contributed by atoms with E-state index in [0.717, 1.165) is 17.9 Å². The van der Waals surface area contributed by atoms with E-state index < -0.39 is 8.07 Å². The van der Waals surface area contributed by atoms with Gasteiger partial charge in [0.25, 0.3) is 0 Å². The van der Waals surface area contributed by atoms with Gasteiger partial charge in [-0.05, 0) is 37.1 Å². The van der Waals surface area contributed by atoms with Gasteiger partial charge in [0, 0.05) is 14.1 Å². The molecule has 0 saturated heterocycles. The lowest BCUT2D eigenvalue weighted by molar-refractivity contribution is 0.147. The van der Waals surface area contributed by atoms with Gasteiger partial charge in [-0.15, -0.1) is 0 Å². The Morgan fingerprint density at radius 3 is 2.44 bits per heavy atom. The molecule has 3 nitrogen and oxygen atoms in total. The average molecular weight is 241 g/mol. The van der Waals surface area contributed by atoms with Gasteiger partial charge in [-0.25, -0.2) is 4.79 Å². The molecule has 16 heavy (non-hydrogen) atoms. The zero-order chi connectivity index (χ0) is 11.8. The lowest BCUT2D eigenvalue weighted by Crippen LogP contribution is -2.35. The first-order chi connectivity index (χ1) is 7.44. The van der Waals surface area contributed by atoms with E-state index >= 15 is 0 Å². The maximum absolute atomic E-state index is 11.5. The largest absolute Gasteiger partial charge is 0.450 e. The molecule has 0 bridgehead atoms. The Hall–Kier alpha value is -0.513.